The first-order valence-corrected chi connectivity index (χ1v) is 8.63. The second-order valence-electron chi connectivity index (χ2n) is 6.28. The van der Waals surface area contributed by atoms with Gasteiger partial charge in [-0.25, -0.2) is 0 Å². The van der Waals surface area contributed by atoms with Crippen LogP contribution in [0.25, 0.3) is 0 Å². The molecule has 5 nitrogen and oxygen atoms in total. The molecule has 6 heteroatoms. The Morgan fingerprint density at radius 3 is 2.92 bits per heavy atom. The molecule has 2 saturated heterocycles. The van der Waals surface area contributed by atoms with E-state index in [1.54, 1.807) is 0 Å². The van der Waals surface area contributed by atoms with Gasteiger partial charge in [0.2, 0.25) is 0 Å². The third kappa shape index (κ3) is 4.99. The molecule has 2 aliphatic heterocycles. The van der Waals surface area contributed by atoms with Crippen molar-refractivity contribution < 1.29 is 9.47 Å². The number of nitrogens with one attached hydrogen (secondary N) is 2. The second-order valence-corrected chi connectivity index (χ2v) is 6.28. The zero-order valence-electron chi connectivity index (χ0n) is 14.5. The van der Waals surface area contributed by atoms with Gasteiger partial charge in [0, 0.05) is 13.6 Å². The molecule has 2 bridgehead atoms. The van der Waals surface area contributed by atoms with Crippen molar-refractivity contribution >= 4 is 29.9 Å². The Hall–Kier alpha value is -1.02. The molecular weight excluding hydrogens is 417 g/mol. The van der Waals surface area contributed by atoms with E-state index < -0.39 is 0 Å². The molecule has 2 heterocycles. The monoisotopic (exact) mass is 445 g/mol. The zero-order chi connectivity index (χ0) is 16.1. The van der Waals surface area contributed by atoms with Crippen LogP contribution in [0, 0.1) is 0 Å². The minimum absolute atomic E-state index is 0. The number of benzene rings is 1. The van der Waals surface area contributed by atoms with Crippen LogP contribution in [-0.4, -0.2) is 37.9 Å². The van der Waals surface area contributed by atoms with Crippen LogP contribution in [0.3, 0.4) is 0 Å². The molecule has 1 aromatic rings. The summed E-state index contributed by atoms with van der Waals surface area (Å²) in [5.74, 6) is 1.77. The summed E-state index contributed by atoms with van der Waals surface area (Å²) in [6.07, 6.45) is 5.28. The highest BCUT2D eigenvalue weighted by Gasteiger charge is 2.41. The van der Waals surface area contributed by atoms with Crippen molar-refractivity contribution in [2.75, 3.05) is 13.7 Å². The molecule has 2 N–H and O–H groups in total. The number of nitrogens with zero attached hydrogens (tertiary/aromatic N) is 1. The van der Waals surface area contributed by atoms with Crippen molar-refractivity contribution in [1.29, 1.82) is 0 Å². The Morgan fingerprint density at radius 1 is 1.38 bits per heavy atom. The normalized spacial score (nSPS) is 25.2. The molecule has 134 valence electrons. The number of fused-ring (bicyclic) bond motifs is 2. The van der Waals surface area contributed by atoms with Crippen LogP contribution in [0.2, 0.25) is 0 Å². The summed E-state index contributed by atoms with van der Waals surface area (Å²) in [4.78, 5) is 4.33. The van der Waals surface area contributed by atoms with Gasteiger partial charge in [0.1, 0.15) is 5.75 Å². The standard InChI is InChI=1S/C18H27N3O2.HI/c1-3-9-22-14-6-4-5-13(10-14)12-20-18(19-2)21-16-11-15-7-8-17(16)23-15;/h4-6,10,15-17H,3,7-9,11-12H2,1-2H3,(H2,19,20,21);1H. The Bertz CT molecular complexity index is 553. The second kappa shape index (κ2) is 9.46. The lowest BCUT2D eigenvalue weighted by Crippen LogP contribution is -2.47. The first-order chi connectivity index (χ1) is 11.3. The maximum atomic E-state index is 5.88. The highest BCUT2D eigenvalue weighted by atomic mass is 127. The molecule has 0 aromatic heterocycles. The maximum absolute atomic E-state index is 5.88. The van der Waals surface area contributed by atoms with E-state index in [-0.39, 0.29) is 24.0 Å². The van der Waals surface area contributed by atoms with E-state index in [1.165, 1.54) is 12.0 Å². The van der Waals surface area contributed by atoms with Gasteiger partial charge >= 0.3 is 0 Å². The topological polar surface area (TPSA) is 54.9 Å². The number of hydrogen-bond acceptors (Lipinski definition) is 3. The molecule has 0 saturated carbocycles. The minimum Gasteiger partial charge on any atom is -0.494 e. The molecule has 1 aromatic carbocycles. The smallest absolute Gasteiger partial charge is 0.191 e. The fraction of sp³-hybridized carbons (Fsp3) is 0.611. The van der Waals surface area contributed by atoms with Gasteiger partial charge in [-0.2, -0.15) is 0 Å². The lowest BCUT2D eigenvalue weighted by Gasteiger charge is -2.22. The fourth-order valence-corrected chi connectivity index (χ4v) is 3.31. The number of halogens is 1. The number of rotatable bonds is 6. The SMILES string of the molecule is CCCOc1cccc(CNC(=NC)NC2CC3CCC2O3)c1.I. The third-order valence-electron chi connectivity index (χ3n) is 4.48. The predicted octanol–water partition coefficient (Wildman–Crippen LogP) is 3.08. The maximum Gasteiger partial charge on any atom is 0.191 e. The van der Waals surface area contributed by atoms with Gasteiger partial charge in [0.05, 0.1) is 24.9 Å². The van der Waals surface area contributed by atoms with E-state index in [1.807, 2.05) is 19.2 Å². The molecule has 3 unspecified atom stereocenters. The third-order valence-corrected chi connectivity index (χ3v) is 4.48. The van der Waals surface area contributed by atoms with Crippen LogP contribution in [0.1, 0.15) is 38.2 Å². The van der Waals surface area contributed by atoms with E-state index in [2.05, 4.69) is 34.7 Å². The van der Waals surface area contributed by atoms with Crippen molar-refractivity contribution in [3.63, 3.8) is 0 Å². The Kier molecular flexibility index (Phi) is 7.61. The van der Waals surface area contributed by atoms with Crippen molar-refractivity contribution in [2.24, 2.45) is 4.99 Å². The quantitative estimate of drug-likeness (QED) is 0.402. The fourth-order valence-electron chi connectivity index (χ4n) is 3.31. The molecule has 2 fully saturated rings. The Balaban J connectivity index is 0.00000208. The van der Waals surface area contributed by atoms with Gasteiger partial charge in [-0.1, -0.05) is 19.1 Å². The van der Waals surface area contributed by atoms with Gasteiger partial charge in [0.25, 0.3) is 0 Å². The summed E-state index contributed by atoms with van der Waals surface area (Å²) in [6.45, 7) is 3.59. The number of aliphatic imine (C=N–C) groups is 1. The average molecular weight is 445 g/mol. The highest BCUT2D eigenvalue weighted by molar-refractivity contribution is 14.0. The van der Waals surface area contributed by atoms with Crippen molar-refractivity contribution in [2.45, 2.75) is 57.4 Å². The van der Waals surface area contributed by atoms with E-state index in [9.17, 15) is 0 Å². The zero-order valence-corrected chi connectivity index (χ0v) is 16.8. The van der Waals surface area contributed by atoms with Crippen LogP contribution in [0.15, 0.2) is 29.3 Å². The van der Waals surface area contributed by atoms with Gasteiger partial charge in [0.15, 0.2) is 5.96 Å². The molecule has 0 spiro atoms. The van der Waals surface area contributed by atoms with Gasteiger partial charge in [-0.05, 0) is 43.4 Å². The Labute approximate surface area is 161 Å². The number of hydrogen-bond donors (Lipinski definition) is 2. The summed E-state index contributed by atoms with van der Waals surface area (Å²) in [5.41, 5.74) is 1.19. The summed E-state index contributed by atoms with van der Waals surface area (Å²) in [6, 6.07) is 8.59. The molecular formula is C18H28IN3O2. The van der Waals surface area contributed by atoms with Crippen LogP contribution < -0.4 is 15.4 Å². The minimum atomic E-state index is 0. The lowest BCUT2D eigenvalue weighted by atomic mass is 9.96. The molecule has 3 rings (SSSR count). The van der Waals surface area contributed by atoms with Crippen LogP contribution in [-0.2, 0) is 11.3 Å². The van der Waals surface area contributed by atoms with Gasteiger partial charge < -0.3 is 20.1 Å². The summed E-state index contributed by atoms with van der Waals surface area (Å²) in [7, 11) is 1.81. The first kappa shape index (κ1) is 19.3. The van der Waals surface area contributed by atoms with E-state index in [4.69, 9.17) is 9.47 Å². The molecule has 3 atom stereocenters. The van der Waals surface area contributed by atoms with Crippen molar-refractivity contribution in [1.82, 2.24) is 10.6 Å². The molecule has 0 aliphatic carbocycles. The van der Waals surface area contributed by atoms with Crippen LogP contribution >= 0.6 is 24.0 Å². The summed E-state index contributed by atoms with van der Waals surface area (Å²) in [5, 5.41) is 6.88. The number of guanidine groups is 1. The van der Waals surface area contributed by atoms with E-state index in [0.717, 1.165) is 44.1 Å². The largest absolute Gasteiger partial charge is 0.494 e. The molecule has 0 radical (unpaired) electrons. The average Bonchev–Trinajstić information content (AvgIpc) is 3.20. The van der Waals surface area contributed by atoms with Crippen LogP contribution in [0.4, 0.5) is 0 Å². The van der Waals surface area contributed by atoms with Crippen LogP contribution in [0.5, 0.6) is 5.75 Å². The summed E-state index contributed by atoms with van der Waals surface area (Å²) < 4.78 is 11.6. The highest BCUT2D eigenvalue weighted by Crippen LogP contribution is 2.34. The van der Waals surface area contributed by atoms with Crippen molar-refractivity contribution in [3.8, 4) is 5.75 Å². The van der Waals surface area contributed by atoms with Gasteiger partial charge in [-0.3, -0.25) is 4.99 Å². The van der Waals surface area contributed by atoms with E-state index >= 15 is 0 Å². The molecule has 0 amide bonds. The molecule has 2 aliphatic rings. The van der Waals surface area contributed by atoms with E-state index in [0.29, 0.717) is 18.2 Å². The summed E-state index contributed by atoms with van der Waals surface area (Å²) >= 11 is 0. The van der Waals surface area contributed by atoms with Gasteiger partial charge in [-0.15, -0.1) is 24.0 Å². The first-order valence-electron chi connectivity index (χ1n) is 8.63. The molecule has 24 heavy (non-hydrogen) atoms. The predicted molar refractivity (Wildman–Crippen MR) is 107 cm³/mol. The van der Waals surface area contributed by atoms with Crippen molar-refractivity contribution in [3.05, 3.63) is 29.8 Å². The number of ether oxygens (including phenoxy) is 2. The lowest BCUT2D eigenvalue weighted by molar-refractivity contribution is 0.0992. The Morgan fingerprint density at radius 2 is 2.25 bits per heavy atom.